The Morgan fingerprint density at radius 3 is 2.16 bits per heavy atom. The molecule has 166 valence electrons. The molecule has 0 fully saturated rings. The van der Waals surface area contributed by atoms with Crippen LogP contribution in [0.4, 0.5) is 5.69 Å². The minimum atomic E-state index is -0.0473. The van der Waals surface area contributed by atoms with Crippen molar-refractivity contribution in [2.24, 2.45) is 5.92 Å². The molecule has 3 rings (SSSR count). The number of carbonyl (C=O) groups is 2. The van der Waals surface area contributed by atoms with Gasteiger partial charge < -0.3 is 10.2 Å². The first kappa shape index (κ1) is 23.3. The summed E-state index contributed by atoms with van der Waals surface area (Å²) in [5, 5.41) is 2.95. The van der Waals surface area contributed by atoms with Crippen LogP contribution in [0.5, 0.6) is 0 Å². The van der Waals surface area contributed by atoms with Crippen LogP contribution < -0.4 is 10.2 Å². The summed E-state index contributed by atoms with van der Waals surface area (Å²) in [7, 11) is 0. The second-order valence-corrected chi connectivity index (χ2v) is 8.79. The lowest BCUT2D eigenvalue weighted by Gasteiger charge is -2.24. The fourth-order valence-corrected chi connectivity index (χ4v) is 3.48. The second kappa shape index (κ2) is 10.8. The van der Waals surface area contributed by atoms with E-state index in [0.717, 1.165) is 27.9 Å². The molecular weight excluding hydrogens is 396 g/mol. The Bertz CT molecular complexity index is 1050. The Balaban J connectivity index is 1.83. The molecule has 0 saturated heterocycles. The van der Waals surface area contributed by atoms with Gasteiger partial charge in [-0.05, 0) is 55.2 Å². The predicted octanol–water partition coefficient (Wildman–Crippen LogP) is 5.47. The number of hydrogen-bond acceptors (Lipinski definition) is 2. The Kier molecular flexibility index (Phi) is 7.82. The molecule has 3 aromatic rings. The van der Waals surface area contributed by atoms with Crippen LogP contribution in [-0.4, -0.2) is 18.4 Å². The molecule has 0 aliphatic rings. The number of rotatable bonds is 8. The highest BCUT2D eigenvalue weighted by atomic mass is 16.2. The monoisotopic (exact) mass is 428 g/mol. The SMILES string of the molecule is Cc1ccc(C(=O)N(Cc2cccc(C)c2)c2ccc(CC(=O)NCC(C)C)cc2)cc1. The first-order chi connectivity index (χ1) is 15.3. The van der Waals surface area contributed by atoms with Crippen LogP contribution in [0.25, 0.3) is 0 Å². The number of aryl methyl sites for hydroxylation is 2. The Hall–Kier alpha value is -3.40. The maximum Gasteiger partial charge on any atom is 0.258 e. The van der Waals surface area contributed by atoms with Crippen LogP contribution in [0.2, 0.25) is 0 Å². The van der Waals surface area contributed by atoms with E-state index in [1.807, 2.05) is 67.6 Å². The molecule has 0 unspecified atom stereocenters. The molecule has 4 nitrogen and oxygen atoms in total. The minimum Gasteiger partial charge on any atom is -0.356 e. The number of nitrogens with one attached hydrogen (secondary N) is 1. The summed E-state index contributed by atoms with van der Waals surface area (Å²) in [5.74, 6) is 0.386. The van der Waals surface area contributed by atoms with E-state index in [4.69, 9.17) is 0 Å². The molecule has 0 aromatic heterocycles. The van der Waals surface area contributed by atoms with Crippen molar-refractivity contribution in [2.75, 3.05) is 11.4 Å². The number of benzene rings is 3. The van der Waals surface area contributed by atoms with Gasteiger partial charge in [-0.2, -0.15) is 0 Å². The number of hydrogen-bond donors (Lipinski definition) is 1. The largest absolute Gasteiger partial charge is 0.356 e. The fourth-order valence-electron chi connectivity index (χ4n) is 3.48. The van der Waals surface area contributed by atoms with Crippen molar-refractivity contribution in [3.8, 4) is 0 Å². The molecule has 4 heteroatoms. The van der Waals surface area contributed by atoms with Gasteiger partial charge in [-0.25, -0.2) is 0 Å². The molecule has 32 heavy (non-hydrogen) atoms. The van der Waals surface area contributed by atoms with Crippen LogP contribution >= 0.6 is 0 Å². The molecule has 2 amide bonds. The van der Waals surface area contributed by atoms with Crippen LogP contribution in [0, 0.1) is 19.8 Å². The smallest absolute Gasteiger partial charge is 0.258 e. The van der Waals surface area contributed by atoms with E-state index in [2.05, 4.69) is 38.2 Å². The Labute approximate surface area is 191 Å². The van der Waals surface area contributed by atoms with Crippen molar-refractivity contribution in [1.82, 2.24) is 5.32 Å². The number of nitrogens with zero attached hydrogens (tertiary/aromatic N) is 1. The van der Waals surface area contributed by atoms with Crippen LogP contribution in [0.15, 0.2) is 72.8 Å². The lowest BCUT2D eigenvalue weighted by atomic mass is 10.1. The molecule has 0 aliphatic carbocycles. The molecule has 0 heterocycles. The Morgan fingerprint density at radius 2 is 1.53 bits per heavy atom. The van der Waals surface area contributed by atoms with Crippen molar-refractivity contribution in [1.29, 1.82) is 0 Å². The fraction of sp³-hybridized carbons (Fsp3) is 0.286. The molecule has 0 radical (unpaired) electrons. The summed E-state index contributed by atoms with van der Waals surface area (Å²) in [6, 6.07) is 23.5. The van der Waals surface area contributed by atoms with Gasteiger partial charge in [0.1, 0.15) is 0 Å². The third-order valence-corrected chi connectivity index (χ3v) is 5.29. The van der Waals surface area contributed by atoms with Gasteiger partial charge in [0.25, 0.3) is 5.91 Å². The first-order valence-corrected chi connectivity index (χ1v) is 11.1. The van der Waals surface area contributed by atoms with Crippen molar-refractivity contribution in [3.63, 3.8) is 0 Å². The van der Waals surface area contributed by atoms with E-state index < -0.39 is 0 Å². The summed E-state index contributed by atoms with van der Waals surface area (Å²) >= 11 is 0. The molecule has 0 atom stereocenters. The third kappa shape index (κ3) is 6.55. The van der Waals surface area contributed by atoms with Gasteiger partial charge >= 0.3 is 0 Å². The topological polar surface area (TPSA) is 49.4 Å². The molecule has 1 N–H and O–H groups in total. The Morgan fingerprint density at radius 1 is 0.844 bits per heavy atom. The maximum absolute atomic E-state index is 13.4. The lowest BCUT2D eigenvalue weighted by Crippen LogP contribution is -2.30. The van der Waals surface area contributed by atoms with Crippen molar-refractivity contribution < 1.29 is 9.59 Å². The van der Waals surface area contributed by atoms with E-state index in [1.165, 1.54) is 0 Å². The zero-order valence-corrected chi connectivity index (χ0v) is 19.4. The molecule has 0 bridgehead atoms. The second-order valence-electron chi connectivity index (χ2n) is 8.79. The van der Waals surface area contributed by atoms with Gasteiger partial charge in [-0.3, -0.25) is 9.59 Å². The lowest BCUT2D eigenvalue weighted by molar-refractivity contribution is -0.120. The highest BCUT2D eigenvalue weighted by molar-refractivity contribution is 6.06. The highest BCUT2D eigenvalue weighted by Crippen LogP contribution is 2.22. The van der Waals surface area contributed by atoms with Gasteiger partial charge in [-0.1, -0.05) is 73.5 Å². The van der Waals surface area contributed by atoms with E-state index in [1.54, 1.807) is 4.90 Å². The van der Waals surface area contributed by atoms with Crippen LogP contribution in [-0.2, 0) is 17.8 Å². The van der Waals surface area contributed by atoms with Gasteiger partial charge in [-0.15, -0.1) is 0 Å². The number of anilines is 1. The maximum atomic E-state index is 13.4. The highest BCUT2D eigenvalue weighted by Gasteiger charge is 2.18. The van der Waals surface area contributed by atoms with Gasteiger partial charge in [0.2, 0.25) is 5.91 Å². The average Bonchev–Trinajstić information content (AvgIpc) is 2.77. The molecule has 0 aliphatic heterocycles. The summed E-state index contributed by atoms with van der Waals surface area (Å²) in [4.78, 5) is 27.4. The third-order valence-electron chi connectivity index (χ3n) is 5.29. The van der Waals surface area contributed by atoms with Crippen molar-refractivity contribution in [2.45, 2.75) is 40.7 Å². The minimum absolute atomic E-state index is 0.0128. The van der Waals surface area contributed by atoms with E-state index in [9.17, 15) is 9.59 Å². The summed E-state index contributed by atoms with van der Waals surface area (Å²) in [5.41, 5.74) is 5.74. The van der Waals surface area contributed by atoms with Gasteiger partial charge in [0.15, 0.2) is 0 Å². The summed E-state index contributed by atoms with van der Waals surface area (Å²) < 4.78 is 0. The predicted molar refractivity (Wildman–Crippen MR) is 131 cm³/mol. The molecular formula is C28H32N2O2. The van der Waals surface area contributed by atoms with E-state index in [-0.39, 0.29) is 11.8 Å². The van der Waals surface area contributed by atoms with Gasteiger partial charge in [0, 0.05) is 17.8 Å². The first-order valence-electron chi connectivity index (χ1n) is 11.1. The average molecular weight is 429 g/mol. The van der Waals surface area contributed by atoms with Crippen molar-refractivity contribution in [3.05, 3.63) is 101 Å². The van der Waals surface area contributed by atoms with Crippen molar-refractivity contribution >= 4 is 17.5 Å². The molecule has 3 aromatic carbocycles. The molecule has 0 spiro atoms. The van der Waals surface area contributed by atoms with Crippen LogP contribution in [0.3, 0.4) is 0 Å². The standard InChI is InChI=1S/C28H32N2O2/c1-20(2)18-29-27(31)17-23-10-14-26(15-11-23)30(19-24-7-5-6-22(4)16-24)28(32)25-12-8-21(3)9-13-25/h5-16,20H,17-19H2,1-4H3,(H,29,31). The zero-order valence-electron chi connectivity index (χ0n) is 19.4. The van der Waals surface area contributed by atoms with E-state index >= 15 is 0 Å². The summed E-state index contributed by atoms with van der Waals surface area (Å²) in [6.45, 7) is 9.35. The molecule has 0 saturated carbocycles. The number of amides is 2. The van der Waals surface area contributed by atoms with E-state index in [0.29, 0.717) is 31.0 Å². The summed E-state index contributed by atoms with van der Waals surface area (Å²) in [6.07, 6.45) is 0.330. The number of carbonyl (C=O) groups excluding carboxylic acids is 2. The van der Waals surface area contributed by atoms with Gasteiger partial charge in [0.05, 0.1) is 13.0 Å². The quantitative estimate of drug-likeness (QED) is 0.518. The van der Waals surface area contributed by atoms with Crippen LogP contribution in [0.1, 0.15) is 46.5 Å². The zero-order chi connectivity index (χ0) is 23.1. The normalized spacial score (nSPS) is 10.8.